The van der Waals surface area contributed by atoms with Crippen LogP contribution in [0.3, 0.4) is 0 Å². The third-order valence-electron chi connectivity index (χ3n) is 5.62. The third kappa shape index (κ3) is 3.85. The van der Waals surface area contributed by atoms with E-state index in [1.807, 2.05) is 36.1 Å². The van der Waals surface area contributed by atoms with E-state index in [4.69, 9.17) is 13.9 Å². The number of thiazole rings is 1. The van der Waals surface area contributed by atoms with Crippen molar-refractivity contribution in [2.75, 3.05) is 19.7 Å². The van der Waals surface area contributed by atoms with Gasteiger partial charge in [-0.15, -0.1) is 0 Å². The number of fused-ring (bicyclic) bond motifs is 2. The van der Waals surface area contributed by atoms with Crippen molar-refractivity contribution in [3.05, 3.63) is 53.8 Å². The Hall–Kier alpha value is -3.06. The number of amides is 1. The predicted molar refractivity (Wildman–Crippen MR) is 121 cm³/mol. The summed E-state index contributed by atoms with van der Waals surface area (Å²) in [6.07, 6.45) is 1.60. The molecule has 0 radical (unpaired) electrons. The molecule has 1 amide bonds. The van der Waals surface area contributed by atoms with E-state index in [0.29, 0.717) is 42.0 Å². The summed E-state index contributed by atoms with van der Waals surface area (Å²) in [6, 6.07) is 13.7. The first kappa shape index (κ1) is 19.9. The van der Waals surface area contributed by atoms with Crippen molar-refractivity contribution in [1.29, 1.82) is 0 Å². The molecule has 0 N–H and O–H groups in total. The number of furan rings is 1. The molecule has 1 fully saturated rings. The van der Waals surface area contributed by atoms with Gasteiger partial charge < -0.3 is 18.8 Å². The van der Waals surface area contributed by atoms with Crippen LogP contribution in [0.2, 0.25) is 0 Å². The van der Waals surface area contributed by atoms with Gasteiger partial charge in [-0.2, -0.15) is 0 Å². The van der Waals surface area contributed by atoms with Gasteiger partial charge in [0.2, 0.25) is 0 Å². The molecule has 2 aromatic heterocycles. The number of hydrogen-bond donors (Lipinski definition) is 0. The highest BCUT2D eigenvalue weighted by Crippen LogP contribution is 2.32. The molecule has 5 rings (SSSR count). The summed E-state index contributed by atoms with van der Waals surface area (Å²) in [5.74, 6) is 0.924. The van der Waals surface area contributed by atoms with Crippen molar-refractivity contribution in [2.24, 2.45) is 0 Å². The zero-order valence-corrected chi connectivity index (χ0v) is 18.4. The Morgan fingerprint density at radius 2 is 2.03 bits per heavy atom. The van der Waals surface area contributed by atoms with E-state index in [9.17, 15) is 4.79 Å². The predicted octanol–water partition coefficient (Wildman–Crippen LogP) is 5.43. The number of benzene rings is 2. The first-order valence-corrected chi connectivity index (χ1v) is 11.4. The van der Waals surface area contributed by atoms with E-state index < -0.39 is 0 Å². The zero-order chi connectivity index (χ0) is 21.4. The molecular formula is C24H24N2O4S. The first-order chi connectivity index (χ1) is 15.1. The van der Waals surface area contributed by atoms with Crippen LogP contribution in [0.25, 0.3) is 21.2 Å². The molecule has 4 aromatic rings. The second kappa shape index (κ2) is 8.23. The minimum atomic E-state index is -0.0901. The van der Waals surface area contributed by atoms with E-state index >= 15 is 0 Å². The normalized spacial score (nSPS) is 15.0. The fraction of sp³-hybridized carbons (Fsp3) is 0.333. The van der Waals surface area contributed by atoms with Gasteiger partial charge in [0.1, 0.15) is 6.10 Å². The van der Waals surface area contributed by atoms with Crippen LogP contribution in [0, 0.1) is 6.92 Å². The van der Waals surface area contributed by atoms with Crippen LogP contribution in [0.15, 0.2) is 46.9 Å². The number of carbonyl (C=O) groups is 1. The number of nitrogens with zero attached hydrogens (tertiary/aromatic N) is 2. The molecule has 0 unspecified atom stereocenters. The quantitative estimate of drug-likeness (QED) is 0.417. The van der Waals surface area contributed by atoms with Crippen molar-refractivity contribution in [3.8, 4) is 10.9 Å². The van der Waals surface area contributed by atoms with Crippen molar-refractivity contribution in [3.63, 3.8) is 0 Å². The highest BCUT2D eigenvalue weighted by molar-refractivity contribution is 7.20. The smallest absolute Gasteiger partial charge is 0.289 e. The Labute approximate surface area is 184 Å². The molecule has 1 aliphatic rings. The molecule has 6 nitrogen and oxygen atoms in total. The van der Waals surface area contributed by atoms with Crippen LogP contribution in [0.5, 0.6) is 10.9 Å². The van der Waals surface area contributed by atoms with Crippen LogP contribution < -0.4 is 9.47 Å². The van der Waals surface area contributed by atoms with Crippen molar-refractivity contribution >= 4 is 38.4 Å². The fourth-order valence-electron chi connectivity index (χ4n) is 4.00. The largest absolute Gasteiger partial charge is 0.490 e. The first-order valence-electron chi connectivity index (χ1n) is 10.6. The molecule has 160 valence electrons. The van der Waals surface area contributed by atoms with Gasteiger partial charge >= 0.3 is 0 Å². The van der Waals surface area contributed by atoms with Gasteiger partial charge in [-0.05, 0) is 37.6 Å². The summed E-state index contributed by atoms with van der Waals surface area (Å²) in [4.78, 5) is 19.5. The van der Waals surface area contributed by atoms with Gasteiger partial charge in [0.25, 0.3) is 11.1 Å². The molecule has 0 aliphatic carbocycles. The molecule has 0 saturated carbocycles. The Morgan fingerprint density at radius 1 is 1.23 bits per heavy atom. The standard InChI is InChI=1S/C24H24N2O4S/c1-3-28-18-8-5-7-16-14-19(30-22(16)18)23(27)26-12-10-17(11-13-26)29-24-25-21-15(2)6-4-9-20(21)31-24/h4-9,14,17H,3,10-13H2,1-2H3. The van der Waals surface area contributed by atoms with Gasteiger partial charge in [-0.25, -0.2) is 4.98 Å². The van der Waals surface area contributed by atoms with E-state index in [1.54, 1.807) is 17.4 Å². The number of piperidine rings is 1. The number of aromatic nitrogens is 1. The van der Waals surface area contributed by atoms with Crippen molar-refractivity contribution in [2.45, 2.75) is 32.8 Å². The summed E-state index contributed by atoms with van der Waals surface area (Å²) in [7, 11) is 0. The molecule has 1 aliphatic heterocycles. The lowest BCUT2D eigenvalue weighted by molar-refractivity contribution is 0.0568. The molecule has 1 saturated heterocycles. The summed E-state index contributed by atoms with van der Waals surface area (Å²) in [5, 5.41) is 1.58. The number of para-hydroxylation sites is 2. The summed E-state index contributed by atoms with van der Waals surface area (Å²) < 4.78 is 18.8. The Balaban J connectivity index is 1.24. The summed E-state index contributed by atoms with van der Waals surface area (Å²) >= 11 is 1.58. The van der Waals surface area contributed by atoms with E-state index in [2.05, 4.69) is 24.0 Å². The lowest BCUT2D eigenvalue weighted by Crippen LogP contribution is -2.41. The monoisotopic (exact) mass is 436 g/mol. The minimum absolute atomic E-state index is 0.0603. The summed E-state index contributed by atoms with van der Waals surface area (Å²) in [5.41, 5.74) is 2.78. The SMILES string of the molecule is CCOc1cccc2cc(C(=O)N3CCC(Oc4nc5c(C)cccc5s4)CC3)oc12. The summed E-state index contributed by atoms with van der Waals surface area (Å²) in [6.45, 7) is 5.79. The van der Waals surface area contributed by atoms with Crippen molar-refractivity contribution < 1.29 is 18.7 Å². The molecule has 0 spiro atoms. The highest BCUT2D eigenvalue weighted by Gasteiger charge is 2.27. The minimum Gasteiger partial charge on any atom is -0.490 e. The topological polar surface area (TPSA) is 64.8 Å². The maximum Gasteiger partial charge on any atom is 0.289 e. The van der Waals surface area contributed by atoms with Gasteiger partial charge in [-0.3, -0.25) is 4.79 Å². The molecular weight excluding hydrogens is 412 g/mol. The average molecular weight is 437 g/mol. The number of carbonyl (C=O) groups excluding carboxylic acids is 1. The second-order valence-electron chi connectivity index (χ2n) is 7.73. The number of hydrogen-bond acceptors (Lipinski definition) is 6. The van der Waals surface area contributed by atoms with E-state index in [1.165, 1.54) is 0 Å². The van der Waals surface area contributed by atoms with Gasteiger partial charge in [0.05, 0.1) is 16.8 Å². The molecule has 31 heavy (non-hydrogen) atoms. The Bertz CT molecular complexity index is 1240. The molecule has 3 heterocycles. The number of ether oxygens (including phenoxy) is 2. The second-order valence-corrected chi connectivity index (χ2v) is 8.72. The fourth-order valence-corrected chi connectivity index (χ4v) is 4.96. The lowest BCUT2D eigenvalue weighted by Gasteiger charge is -2.31. The molecule has 0 atom stereocenters. The average Bonchev–Trinajstić information content (AvgIpc) is 3.39. The molecule has 2 aromatic carbocycles. The lowest BCUT2D eigenvalue weighted by atomic mass is 10.1. The van der Waals surface area contributed by atoms with Crippen LogP contribution in [-0.4, -0.2) is 41.6 Å². The number of rotatable bonds is 5. The third-order valence-corrected chi connectivity index (χ3v) is 6.53. The highest BCUT2D eigenvalue weighted by atomic mass is 32.1. The Kier molecular flexibility index (Phi) is 5.28. The Morgan fingerprint density at radius 3 is 2.81 bits per heavy atom. The molecule has 7 heteroatoms. The van der Waals surface area contributed by atoms with Crippen LogP contribution >= 0.6 is 11.3 Å². The van der Waals surface area contributed by atoms with Gasteiger partial charge in [0, 0.05) is 31.3 Å². The van der Waals surface area contributed by atoms with Gasteiger partial charge in [-0.1, -0.05) is 35.6 Å². The van der Waals surface area contributed by atoms with Crippen LogP contribution in [-0.2, 0) is 0 Å². The van der Waals surface area contributed by atoms with Gasteiger partial charge in [0.15, 0.2) is 17.1 Å². The van der Waals surface area contributed by atoms with E-state index in [0.717, 1.165) is 34.0 Å². The van der Waals surface area contributed by atoms with E-state index in [-0.39, 0.29) is 12.0 Å². The zero-order valence-electron chi connectivity index (χ0n) is 17.6. The van der Waals surface area contributed by atoms with Crippen LogP contribution in [0.4, 0.5) is 0 Å². The maximum absolute atomic E-state index is 13.0. The maximum atomic E-state index is 13.0. The number of aryl methyl sites for hydroxylation is 1. The van der Waals surface area contributed by atoms with Crippen molar-refractivity contribution in [1.82, 2.24) is 9.88 Å². The van der Waals surface area contributed by atoms with Crippen LogP contribution in [0.1, 0.15) is 35.9 Å². The number of likely N-dealkylation sites (tertiary alicyclic amines) is 1. The molecule has 0 bridgehead atoms.